The third kappa shape index (κ3) is 7.36. The molecule has 0 aliphatic rings. The van der Waals surface area contributed by atoms with E-state index in [2.05, 4.69) is 16.0 Å². The van der Waals surface area contributed by atoms with Crippen LogP contribution in [-0.4, -0.2) is 43.3 Å². The summed E-state index contributed by atoms with van der Waals surface area (Å²) in [5.41, 5.74) is 0. The molecule has 1 aromatic rings. The molecule has 0 aliphatic heterocycles. The zero-order chi connectivity index (χ0) is 15.5. The smallest absolute Gasteiger partial charge is 0.326 e. The average molecular weight is 297 g/mol. The number of amides is 2. The van der Waals surface area contributed by atoms with Crippen LogP contribution < -0.4 is 16.0 Å². The summed E-state index contributed by atoms with van der Waals surface area (Å²) in [6.45, 7) is 1.23. The summed E-state index contributed by atoms with van der Waals surface area (Å²) in [6.07, 6.45) is 4.18. The highest BCUT2D eigenvalue weighted by molar-refractivity contribution is 5.82. The van der Waals surface area contributed by atoms with E-state index in [4.69, 9.17) is 9.52 Å². The van der Waals surface area contributed by atoms with E-state index in [9.17, 15) is 9.59 Å². The zero-order valence-corrected chi connectivity index (χ0v) is 12.2. The maximum Gasteiger partial charge on any atom is 0.326 e. The van der Waals surface area contributed by atoms with E-state index in [0.717, 1.165) is 25.1 Å². The molecule has 7 nitrogen and oxygen atoms in total. The standard InChI is InChI=1S/C14H23N3O4/c1-15-8-3-2-6-12(13(18)19)17-14(20)16-9-7-11-5-4-10-21-11/h4-5,10,12,15H,2-3,6-9H2,1H3,(H,18,19)(H2,16,17,20). The van der Waals surface area contributed by atoms with Gasteiger partial charge < -0.3 is 25.5 Å². The first-order valence-electron chi connectivity index (χ1n) is 7.07. The molecule has 7 heteroatoms. The Morgan fingerprint density at radius 3 is 2.76 bits per heavy atom. The van der Waals surface area contributed by atoms with Crippen molar-refractivity contribution in [1.82, 2.24) is 16.0 Å². The monoisotopic (exact) mass is 297 g/mol. The SMILES string of the molecule is CNCCCCC(NC(=O)NCCc1ccco1)C(=O)O. The summed E-state index contributed by atoms with van der Waals surface area (Å²) in [6, 6.07) is 2.27. The maximum absolute atomic E-state index is 11.6. The molecule has 0 radical (unpaired) electrons. The van der Waals surface area contributed by atoms with Crippen molar-refractivity contribution >= 4 is 12.0 Å². The summed E-state index contributed by atoms with van der Waals surface area (Å²) < 4.78 is 5.14. The highest BCUT2D eigenvalue weighted by Gasteiger charge is 2.18. The van der Waals surface area contributed by atoms with Crippen molar-refractivity contribution in [1.29, 1.82) is 0 Å². The Kier molecular flexibility index (Phi) is 7.96. The molecule has 0 fully saturated rings. The molecule has 1 atom stereocenters. The van der Waals surface area contributed by atoms with E-state index in [1.54, 1.807) is 12.3 Å². The molecule has 118 valence electrons. The average Bonchev–Trinajstić information content (AvgIpc) is 2.95. The van der Waals surface area contributed by atoms with Crippen LogP contribution in [0.3, 0.4) is 0 Å². The van der Waals surface area contributed by atoms with Crippen LogP contribution in [0, 0.1) is 0 Å². The molecule has 0 aromatic carbocycles. The number of rotatable bonds is 10. The van der Waals surface area contributed by atoms with Gasteiger partial charge in [-0.3, -0.25) is 0 Å². The van der Waals surface area contributed by atoms with Crippen LogP contribution in [0.1, 0.15) is 25.0 Å². The predicted molar refractivity (Wildman–Crippen MR) is 78.1 cm³/mol. The van der Waals surface area contributed by atoms with E-state index >= 15 is 0 Å². The van der Waals surface area contributed by atoms with Crippen LogP contribution in [-0.2, 0) is 11.2 Å². The molecule has 0 saturated carbocycles. The van der Waals surface area contributed by atoms with Gasteiger partial charge in [-0.25, -0.2) is 9.59 Å². The number of carboxylic acids is 1. The minimum absolute atomic E-state index is 0.394. The minimum atomic E-state index is -1.01. The molecular formula is C14H23N3O4. The molecule has 0 bridgehead atoms. The van der Waals surface area contributed by atoms with Crippen LogP contribution in [0.4, 0.5) is 4.79 Å². The van der Waals surface area contributed by atoms with Crippen LogP contribution in [0.15, 0.2) is 22.8 Å². The van der Waals surface area contributed by atoms with Crippen molar-refractivity contribution in [2.45, 2.75) is 31.7 Å². The molecule has 1 unspecified atom stereocenters. The summed E-state index contributed by atoms with van der Waals surface area (Å²) in [5, 5.41) is 17.2. The van der Waals surface area contributed by atoms with Gasteiger partial charge in [0, 0.05) is 13.0 Å². The van der Waals surface area contributed by atoms with Crippen molar-refractivity contribution in [3.63, 3.8) is 0 Å². The second-order valence-electron chi connectivity index (χ2n) is 4.72. The normalized spacial score (nSPS) is 11.9. The lowest BCUT2D eigenvalue weighted by atomic mass is 10.1. The Bertz CT molecular complexity index is 420. The first-order valence-corrected chi connectivity index (χ1v) is 7.07. The summed E-state index contributed by atoms with van der Waals surface area (Å²) in [7, 11) is 1.85. The fraction of sp³-hybridized carbons (Fsp3) is 0.571. The number of nitrogens with one attached hydrogen (secondary N) is 3. The van der Waals surface area contributed by atoms with Gasteiger partial charge in [-0.2, -0.15) is 0 Å². The van der Waals surface area contributed by atoms with Crippen LogP contribution >= 0.6 is 0 Å². The van der Waals surface area contributed by atoms with E-state index in [1.165, 1.54) is 0 Å². The van der Waals surface area contributed by atoms with Gasteiger partial charge >= 0.3 is 12.0 Å². The Balaban J connectivity index is 2.23. The molecule has 2 amide bonds. The van der Waals surface area contributed by atoms with E-state index in [-0.39, 0.29) is 0 Å². The quantitative estimate of drug-likeness (QED) is 0.482. The second-order valence-corrected chi connectivity index (χ2v) is 4.72. The number of carbonyl (C=O) groups excluding carboxylic acids is 1. The number of furan rings is 1. The molecular weight excluding hydrogens is 274 g/mol. The van der Waals surface area contributed by atoms with Gasteiger partial charge in [0.1, 0.15) is 11.8 Å². The summed E-state index contributed by atoms with van der Waals surface area (Å²) in [5.74, 6) is -0.238. The lowest BCUT2D eigenvalue weighted by Crippen LogP contribution is -2.46. The third-order valence-electron chi connectivity index (χ3n) is 3.01. The molecule has 0 aliphatic carbocycles. The summed E-state index contributed by atoms with van der Waals surface area (Å²) in [4.78, 5) is 22.7. The van der Waals surface area contributed by atoms with Gasteiger partial charge in [-0.1, -0.05) is 0 Å². The second kappa shape index (κ2) is 9.82. The molecule has 1 aromatic heterocycles. The zero-order valence-electron chi connectivity index (χ0n) is 12.2. The molecule has 21 heavy (non-hydrogen) atoms. The Morgan fingerprint density at radius 2 is 2.14 bits per heavy atom. The van der Waals surface area contributed by atoms with E-state index in [1.807, 2.05) is 13.1 Å². The maximum atomic E-state index is 11.6. The Morgan fingerprint density at radius 1 is 1.33 bits per heavy atom. The van der Waals surface area contributed by atoms with E-state index in [0.29, 0.717) is 19.4 Å². The largest absolute Gasteiger partial charge is 0.480 e. The highest BCUT2D eigenvalue weighted by Crippen LogP contribution is 2.02. The van der Waals surface area contributed by atoms with Crippen LogP contribution in [0.5, 0.6) is 0 Å². The van der Waals surface area contributed by atoms with Crippen molar-refractivity contribution in [2.24, 2.45) is 0 Å². The van der Waals surface area contributed by atoms with Gasteiger partial charge in [-0.05, 0) is 45.0 Å². The Labute approximate surface area is 124 Å². The number of aliphatic carboxylic acids is 1. The molecule has 1 rings (SSSR count). The number of hydrogen-bond donors (Lipinski definition) is 4. The van der Waals surface area contributed by atoms with Crippen molar-refractivity contribution in [2.75, 3.05) is 20.1 Å². The first-order chi connectivity index (χ1) is 10.1. The van der Waals surface area contributed by atoms with Gasteiger partial charge in [0.2, 0.25) is 0 Å². The summed E-state index contributed by atoms with van der Waals surface area (Å²) >= 11 is 0. The lowest BCUT2D eigenvalue weighted by Gasteiger charge is -2.15. The molecule has 0 saturated heterocycles. The number of urea groups is 1. The van der Waals surface area contributed by atoms with E-state index < -0.39 is 18.0 Å². The Hall–Kier alpha value is -2.02. The van der Waals surface area contributed by atoms with Gasteiger partial charge in [0.15, 0.2) is 0 Å². The third-order valence-corrected chi connectivity index (χ3v) is 3.01. The number of unbranched alkanes of at least 4 members (excludes halogenated alkanes) is 1. The number of carbonyl (C=O) groups is 2. The van der Waals surface area contributed by atoms with Gasteiger partial charge in [0.05, 0.1) is 6.26 Å². The van der Waals surface area contributed by atoms with Crippen LogP contribution in [0.2, 0.25) is 0 Å². The lowest BCUT2D eigenvalue weighted by molar-refractivity contribution is -0.139. The minimum Gasteiger partial charge on any atom is -0.480 e. The van der Waals surface area contributed by atoms with Gasteiger partial charge in [0.25, 0.3) is 0 Å². The highest BCUT2D eigenvalue weighted by atomic mass is 16.4. The fourth-order valence-electron chi connectivity index (χ4n) is 1.87. The van der Waals surface area contributed by atoms with Gasteiger partial charge in [-0.15, -0.1) is 0 Å². The topological polar surface area (TPSA) is 104 Å². The van der Waals surface area contributed by atoms with Crippen molar-refractivity contribution in [3.05, 3.63) is 24.2 Å². The molecule has 4 N–H and O–H groups in total. The number of carboxylic acid groups (broad SMARTS) is 1. The number of hydrogen-bond acceptors (Lipinski definition) is 4. The van der Waals surface area contributed by atoms with Crippen molar-refractivity contribution in [3.8, 4) is 0 Å². The molecule has 1 heterocycles. The molecule has 0 spiro atoms. The van der Waals surface area contributed by atoms with Crippen LogP contribution in [0.25, 0.3) is 0 Å². The predicted octanol–water partition coefficient (Wildman–Crippen LogP) is 0.964. The first kappa shape index (κ1) is 17.0. The van der Waals surface area contributed by atoms with Crippen molar-refractivity contribution < 1.29 is 19.1 Å². The fourth-order valence-corrected chi connectivity index (χ4v) is 1.87.